The van der Waals surface area contributed by atoms with Crippen LogP contribution >= 0.6 is 35.6 Å². The van der Waals surface area contributed by atoms with Crippen LogP contribution in [0.2, 0.25) is 5.02 Å². The van der Waals surface area contributed by atoms with E-state index in [-0.39, 0.29) is 30.0 Å². The Kier molecular flexibility index (Phi) is 7.56. The Morgan fingerprint density at radius 3 is 2.74 bits per heavy atom. The van der Waals surface area contributed by atoms with Crippen LogP contribution in [0.25, 0.3) is 0 Å². The highest BCUT2D eigenvalue weighted by molar-refractivity contribution is 14.0. The molecule has 0 radical (unpaired) electrons. The molecule has 27 heavy (non-hydrogen) atoms. The molecule has 3 rings (SSSR count). The molecule has 0 saturated heterocycles. The van der Waals surface area contributed by atoms with Crippen LogP contribution in [0.3, 0.4) is 0 Å². The van der Waals surface area contributed by atoms with Crippen molar-refractivity contribution < 1.29 is 0 Å². The third-order valence-electron chi connectivity index (χ3n) is 5.17. The zero-order valence-corrected chi connectivity index (χ0v) is 19.7. The van der Waals surface area contributed by atoms with Gasteiger partial charge in [0, 0.05) is 42.8 Å². The van der Waals surface area contributed by atoms with Crippen molar-refractivity contribution in [3.8, 4) is 0 Å². The average Bonchev–Trinajstić information content (AvgIpc) is 3.32. The smallest absolute Gasteiger partial charge is 0.191 e. The van der Waals surface area contributed by atoms with Gasteiger partial charge in [-0.1, -0.05) is 23.7 Å². The van der Waals surface area contributed by atoms with Gasteiger partial charge in [0.25, 0.3) is 0 Å². The number of aryl methyl sites for hydroxylation is 2. The van der Waals surface area contributed by atoms with Gasteiger partial charge in [0.1, 0.15) is 0 Å². The van der Waals surface area contributed by atoms with Crippen LogP contribution in [-0.2, 0) is 13.5 Å². The van der Waals surface area contributed by atoms with Crippen molar-refractivity contribution in [3.63, 3.8) is 0 Å². The highest BCUT2D eigenvalue weighted by atomic mass is 127. The number of halogens is 2. The van der Waals surface area contributed by atoms with Crippen molar-refractivity contribution in [2.24, 2.45) is 12.0 Å². The van der Waals surface area contributed by atoms with Gasteiger partial charge in [-0.2, -0.15) is 5.10 Å². The van der Waals surface area contributed by atoms with Crippen LogP contribution in [0, 0.1) is 13.8 Å². The van der Waals surface area contributed by atoms with E-state index in [4.69, 9.17) is 11.6 Å². The molecule has 1 aliphatic carbocycles. The quantitative estimate of drug-likeness (QED) is 0.370. The number of hydrogen-bond acceptors (Lipinski definition) is 2. The predicted molar refractivity (Wildman–Crippen MR) is 123 cm³/mol. The largest absolute Gasteiger partial charge is 0.354 e. The number of nitrogens with one attached hydrogen (secondary N) is 2. The maximum Gasteiger partial charge on any atom is 0.191 e. The van der Waals surface area contributed by atoms with Crippen LogP contribution in [0.15, 0.2) is 29.3 Å². The van der Waals surface area contributed by atoms with Gasteiger partial charge in [0.2, 0.25) is 0 Å². The molecule has 5 nitrogen and oxygen atoms in total. The molecule has 1 fully saturated rings. The van der Waals surface area contributed by atoms with E-state index in [9.17, 15) is 0 Å². The first-order valence-corrected chi connectivity index (χ1v) is 9.51. The molecule has 148 valence electrons. The first-order chi connectivity index (χ1) is 12.4. The summed E-state index contributed by atoms with van der Waals surface area (Å²) >= 11 is 6.11. The fourth-order valence-corrected chi connectivity index (χ4v) is 3.71. The molecule has 2 aromatic rings. The Morgan fingerprint density at radius 2 is 2.15 bits per heavy atom. The first kappa shape index (κ1) is 22.0. The van der Waals surface area contributed by atoms with Gasteiger partial charge < -0.3 is 10.6 Å². The van der Waals surface area contributed by atoms with Crippen molar-refractivity contribution in [1.82, 2.24) is 20.4 Å². The maximum absolute atomic E-state index is 6.11. The lowest BCUT2D eigenvalue weighted by atomic mass is 10.1. The monoisotopic (exact) mass is 501 g/mol. The lowest BCUT2D eigenvalue weighted by molar-refractivity contribution is 0.633. The van der Waals surface area contributed by atoms with Gasteiger partial charge in [-0.05, 0) is 56.9 Å². The van der Waals surface area contributed by atoms with Gasteiger partial charge >= 0.3 is 0 Å². The topological polar surface area (TPSA) is 54.2 Å². The van der Waals surface area contributed by atoms with Gasteiger partial charge in [0.15, 0.2) is 5.96 Å². The standard InChI is InChI=1S/C20H28ClN5.HI/c1-12(9-17-13(2)25-26(5)14(17)3)23-20(22-4)24-19-11-18(19)15-7-6-8-16(21)10-15;/h6-8,10,12,18-19H,9,11H2,1-5H3,(H2,22,23,24);1H. The van der Waals surface area contributed by atoms with Gasteiger partial charge in [-0.25, -0.2) is 0 Å². The van der Waals surface area contributed by atoms with E-state index in [1.165, 1.54) is 16.8 Å². The van der Waals surface area contributed by atoms with Crippen LogP contribution in [-0.4, -0.2) is 34.9 Å². The predicted octanol–water partition coefficient (Wildman–Crippen LogP) is 3.96. The number of hydrogen-bond donors (Lipinski definition) is 2. The van der Waals surface area contributed by atoms with E-state index in [0.717, 1.165) is 29.5 Å². The fourth-order valence-electron chi connectivity index (χ4n) is 3.51. The van der Waals surface area contributed by atoms with Gasteiger partial charge in [0.05, 0.1) is 5.69 Å². The maximum atomic E-state index is 6.11. The van der Waals surface area contributed by atoms with Crippen LogP contribution in [0.5, 0.6) is 0 Å². The van der Waals surface area contributed by atoms with Crippen molar-refractivity contribution in [1.29, 1.82) is 0 Å². The highest BCUT2D eigenvalue weighted by Gasteiger charge is 2.39. The molecule has 3 atom stereocenters. The summed E-state index contributed by atoms with van der Waals surface area (Å²) < 4.78 is 1.95. The molecule has 1 aromatic heterocycles. The molecular weight excluding hydrogens is 473 g/mol. The Bertz CT molecular complexity index is 817. The molecule has 0 aliphatic heterocycles. The minimum Gasteiger partial charge on any atom is -0.354 e. The third kappa shape index (κ3) is 5.38. The lowest BCUT2D eigenvalue weighted by Crippen LogP contribution is -2.44. The van der Waals surface area contributed by atoms with E-state index in [2.05, 4.69) is 53.6 Å². The minimum absolute atomic E-state index is 0. The molecule has 3 unspecified atom stereocenters. The molecule has 1 heterocycles. The van der Waals surface area contributed by atoms with Crippen molar-refractivity contribution >= 4 is 41.5 Å². The summed E-state index contributed by atoms with van der Waals surface area (Å²) in [4.78, 5) is 4.39. The Hall–Kier alpha value is -1.28. The summed E-state index contributed by atoms with van der Waals surface area (Å²) in [5.41, 5.74) is 4.93. The van der Waals surface area contributed by atoms with Crippen LogP contribution in [0.1, 0.15) is 41.8 Å². The van der Waals surface area contributed by atoms with Crippen molar-refractivity contribution in [2.75, 3.05) is 7.05 Å². The van der Waals surface area contributed by atoms with Crippen molar-refractivity contribution in [2.45, 2.75) is 51.6 Å². The second kappa shape index (κ2) is 9.28. The summed E-state index contributed by atoms with van der Waals surface area (Å²) in [5, 5.41) is 12.3. The van der Waals surface area contributed by atoms with E-state index in [0.29, 0.717) is 12.0 Å². The molecule has 0 spiro atoms. The first-order valence-electron chi connectivity index (χ1n) is 9.13. The molecule has 2 N–H and O–H groups in total. The Morgan fingerprint density at radius 1 is 1.41 bits per heavy atom. The van der Waals surface area contributed by atoms with Gasteiger partial charge in [-0.3, -0.25) is 9.67 Å². The zero-order valence-electron chi connectivity index (χ0n) is 16.6. The summed E-state index contributed by atoms with van der Waals surface area (Å²) in [5.74, 6) is 1.36. The number of rotatable bonds is 5. The third-order valence-corrected chi connectivity index (χ3v) is 5.40. The van der Waals surface area contributed by atoms with E-state index in [1.807, 2.05) is 30.9 Å². The molecule has 1 aromatic carbocycles. The summed E-state index contributed by atoms with van der Waals surface area (Å²) in [7, 11) is 3.81. The fraction of sp³-hybridized carbons (Fsp3) is 0.500. The highest BCUT2D eigenvalue weighted by Crippen LogP contribution is 2.41. The Balaban J connectivity index is 0.00000261. The average molecular weight is 502 g/mol. The number of guanidine groups is 1. The number of nitrogens with zero attached hydrogens (tertiary/aromatic N) is 3. The molecule has 1 saturated carbocycles. The van der Waals surface area contributed by atoms with Gasteiger partial charge in [-0.15, -0.1) is 24.0 Å². The molecular formula is C20H29ClIN5. The normalized spacial score (nSPS) is 20.0. The molecule has 0 bridgehead atoms. The van der Waals surface area contributed by atoms with E-state index in [1.54, 1.807) is 0 Å². The van der Waals surface area contributed by atoms with E-state index < -0.39 is 0 Å². The minimum atomic E-state index is 0. The zero-order chi connectivity index (χ0) is 18.8. The van der Waals surface area contributed by atoms with E-state index >= 15 is 0 Å². The molecule has 0 amide bonds. The van der Waals surface area contributed by atoms with Crippen LogP contribution < -0.4 is 10.6 Å². The number of aliphatic imine (C=N–C) groups is 1. The second-order valence-electron chi connectivity index (χ2n) is 7.24. The van der Waals surface area contributed by atoms with Crippen LogP contribution in [0.4, 0.5) is 0 Å². The Labute approximate surface area is 184 Å². The summed E-state index contributed by atoms with van der Waals surface area (Å²) in [6, 6.07) is 8.81. The summed E-state index contributed by atoms with van der Waals surface area (Å²) in [6.07, 6.45) is 2.03. The number of benzene rings is 1. The molecule has 1 aliphatic rings. The van der Waals surface area contributed by atoms with Crippen molar-refractivity contribution in [3.05, 3.63) is 51.8 Å². The molecule has 7 heteroatoms. The SMILES string of the molecule is CN=C(NC(C)Cc1c(C)nn(C)c1C)NC1CC1c1cccc(Cl)c1.I. The summed E-state index contributed by atoms with van der Waals surface area (Å²) in [6.45, 7) is 6.37. The number of aromatic nitrogens is 2. The second-order valence-corrected chi connectivity index (χ2v) is 7.68. The lowest BCUT2D eigenvalue weighted by Gasteiger charge is -2.18.